The van der Waals surface area contributed by atoms with E-state index in [1.807, 2.05) is 0 Å². The first kappa shape index (κ1) is 15.4. The van der Waals surface area contributed by atoms with E-state index < -0.39 is 0 Å². The number of benzene rings is 1. The molecule has 2 N–H and O–H groups in total. The number of carbonyl (C=O) groups is 1. The van der Waals surface area contributed by atoms with Crippen LogP contribution >= 0.6 is 28.3 Å². The Hall–Kier alpha value is -0.980. The molecule has 5 nitrogen and oxygen atoms in total. The maximum absolute atomic E-state index is 12.1. The van der Waals surface area contributed by atoms with Gasteiger partial charge >= 0.3 is 0 Å². The number of fused-ring (bicyclic) bond motifs is 1. The average molecular weight is 364 g/mol. The number of carbonyl (C=O) groups excluding carboxylic acids is 1. The number of hydrogen-bond donors (Lipinski definition) is 2. The Labute approximate surface area is 131 Å². The molecule has 110 valence electrons. The average Bonchev–Trinajstić information content (AvgIpc) is 3.06. The fourth-order valence-corrected chi connectivity index (χ4v) is 2.90. The number of ether oxygens (including phenoxy) is 2. The predicted molar refractivity (Wildman–Crippen MR) is 80.9 cm³/mol. The Kier molecular flexibility index (Phi) is 5.12. The van der Waals surface area contributed by atoms with Crippen molar-refractivity contribution in [1.82, 2.24) is 10.6 Å². The fourth-order valence-electron chi connectivity index (χ4n) is 2.35. The van der Waals surface area contributed by atoms with Crippen molar-refractivity contribution in [3.05, 3.63) is 22.2 Å². The highest BCUT2D eigenvalue weighted by Crippen LogP contribution is 2.39. The molecule has 1 amide bonds. The first-order chi connectivity index (χ1) is 9.24. The topological polar surface area (TPSA) is 59.6 Å². The minimum Gasteiger partial charge on any atom is -0.454 e. The Morgan fingerprint density at radius 1 is 1.45 bits per heavy atom. The Balaban J connectivity index is 0.00000147. The van der Waals surface area contributed by atoms with Crippen molar-refractivity contribution >= 4 is 34.2 Å². The van der Waals surface area contributed by atoms with Crippen molar-refractivity contribution in [2.24, 2.45) is 0 Å². The van der Waals surface area contributed by atoms with Crippen molar-refractivity contribution in [1.29, 1.82) is 0 Å². The van der Waals surface area contributed by atoms with E-state index in [4.69, 9.17) is 9.47 Å². The second-order valence-electron chi connectivity index (χ2n) is 4.70. The number of halogens is 2. The molecule has 0 aliphatic carbocycles. The van der Waals surface area contributed by atoms with Crippen LogP contribution in [0.15, 0.2) is 16.6 Å². The zero-order valence-electron chi connectivity index (χ0n) is 10.8. The van der Waals surface area contributed by atoms with Crippen LogP contribution < -0.4 is 20.1 Å². The standard InChI is InChI=1S/C13H15BrN2O3.ClH/c14-10-4-8(5-11-12(10)19-7-18-11)13(17)16-6-9-2-1-3-15-9;/h4-5,9,15H,1-3,6-7H2,(H,16,17);1H. The minimum atomic E-state index is -0.0901. The second kappa shape index (κ2) is 6.65. The van der Waals surface area contributed by atoms with Crippen molar-refractivity contribution in [3.8, 4) is 11.5 Å². The van der Waals surface area contributed by atoms with Crippen LogP contribution in [0.1, 0.15) is 23.2 Å². The first-order valence-electron chi connectivity index (χ1n) is 6.35. The van der Waals surface area contributed by atoms with Crippen LogP contribution in [-0.2, 0) is 0 Å². The summed E-state index contributed by atoms with van der Waals surface area (Å²) in [6.45, 7) is 1.89. The molecule has 0 aromatic heterocycles. The molecule has 7 heteroatoms. The number of nitrogens with one attached hydrogen (secondary N) is 2. The molecule has 0 bridgehead atoms. The third-order valence-electron chi connectivity index (χ3n) is 3.36. The van der Waals surface area contributed by atoms with E-state index in [-0.39, 0.29) is 25.1 Å². The zero-order valence-corrected chi connectivity index (χ0v) is 13.2. The van der Waals surface area contributed by atoms with Gasteiger partial charge in [-0.1, -0.05) is 0 Å². The summed E-state index contributed by atoms with van der Waals surface area (Å²) in [6.07, 6.45) is 2.29. The lowest BCUT2D eigenvalue weighted by Crippen LogP contribution is -2.37. The molecule has 1 fully saturated rings. The molecule has 1 unspecified atom stereocenters. The molecule has 3 rings (SSSR count). The minimum absolute atomic E-state index is 0. The summed E-state index contributed by atoms with van der Waals surface area (Å²) in [5.41, 5.74) is 0.578. The van der Waals surface area contributed by atoms with Gasteiger partial charge in [-0.3, -0.25) is 4.79 Å². The summed E-state index contributed by atoms with van der Waals surface area (Å²) in [5, 5.41) is 6.29. The van der Waals surface area contributed by atoms with Gasteiger partial charge in [-0.2, -0.15) is 0 Å². The van der Waals surface area contributed by atoms with Gasteiger partial charge in [-0.05, 0) is 47.4 Å². The van der Waals surface area contributed by atoms with E-state index in [0.717, 1.165) is 17.4 Å². The van der Waals surface area contributed by atoms with Gasteiger partial charge < -0.3 is 20.1 Å². The highest BCUT2D eigenvalue weighted by Gasteiger charge is 2.21. The van der Waals surface area contributed by atoms with Gasteiger partial charge in [0.2, 0.25) is 6.79 Å². The fraction of sp³-hybridized carbons (Fsp3) is 0.462. The van der Waals surface area contributed by atoms with E-state index >= 15 is 0 Å². The third-order valence-corrected chi connectivity index (χ3v) is 3.95. The lowest BCUT2D eigenvalue weighted by molar-refractivity contribution is 0.0950. The van der Waals surface area contributed by atoms with Gasteiger partial charge in [0.15, 0.2) is 11.5 Å². The van der Waals surface area contributed by atoms with Crippen LogP contribution in [-0.4, -0.2) is 31.8 Å². The summed E-state index contributed by atoms with van der Waals surface area (Å²) in [5.74, 6) is 1.18. The van der Waals surface area contributed by atoms with Crippen molar-refractivity contribution in [3.63, 3.8) is 0 Å². The largest absolute Gasteiger partial charge is 0.454 e. The number of hydrogen-bond acceptors (Lipinski definition) is 4. The highest BCUT2D eigenvalue weighted by molar-refractivity contribution is 9.10. The lowest BCUT2D eigenvalue weighted by atomic mass is 10.1. The van der Waals surface area contributed by atoms with Gasteiger partial charge in [0.05, 0.1) is 4.47 Å². The zero-order chi connectivity index (χ0) is 13.2. The molecule has 0 spiro atoms. The monoisotopic (exact) mass is 362 g/mol. The summed E-state index contributed by atoms with van der Waals surface area (Å²) < 4.78 is 11.3. The van der Waals surface area contributed by atoms with Crippen LogP contribution in [0.4, 0.5) is 0 Å². The van der Waals surface area contributed by atoms with E-state index in [1.165, 1.54) is 6.42 Å². The van der Waals surface area contributed by atoms with Crippen LogP contribution in [0.2, 0.25) is 0 Å². The smallest absolute Gasteiger partial charge is 0.251 e. The van der Waals surface area contributed by atoms with Gasteiger partial charge in [0.1, 0.15) is 0 Å². The normalized spacial score (nSPS) is 19.6. The molecule has 0 saturated carbocycles. The molecule has 1 saturated heterocycles. The Bertz CT molecular complexity index is 507. The Morgan fingerprint density at radius 2 is 2.30 bits per heavy atom. The predicted octanol–water partition coefficient (Wildman–Crippen LogP) is 2.08. The van der Waals surface area contributed by atoms with Gasteiger partial charge in [0.25, 0.3) is 5.91 Å². The number of amides is 1. The van der Waals surface area contributed by atoms with E-state index in [9.17, 15) is 4.79 Å². The summed E-state index contributed by atoms with van der Waals surface area (Å²) in [4.78, 5) is 12.1. The van der Waals surface area contributed by atoms with Crippen molar-refractivity contribution in [2.75, 3.05) is 19.9 Å². The number of rotatable bonds is 3. The molecule has 1 aromatic rings. The van der Waals surface area contributed by atoms with E-state index in [1.54, 1.807) is 12.1 Å². The van der Waals surface area contributed by atoms with Gasteiger partial charge in [0, 0.05) is 18.2 Å². The highest BCUT2D eigenvalue weighted by atomic mass is 79.9. The van der Waals surface area contributed by atoms with E-state index in [0.29, 0.717) is 29.6 Å². The first-order valence-corrected chi connectivity index (χ1v) is 7.14. The van der Waals surface area contributed by atoms with Crippen molar-refractivity contribution in [2.45, 2.75) is 18.9 Å². The van der Waals surface area contributed by atoms with Gasteiger partial charge in [-0.25, -0.2) is 0 Å². The SMILES string of the molecule is Cl.O=C(NCC1CCCN1)c1cc(Br)c2c(c1)OCO2. The molecule has 0 radical (unpaired) electrons. The molecule has 1 atom stereocenters. The summed E-state index contributed by atoms with van der Waals surface area (Å²) in [6, 6.07) is 3.86. The second-order valence-corrected chi connectivity index (χ2v) is 5.55. The molecular weight excluding hydrogens is 348 g/mol. The summed E-state index contributed by atoms with van der Waals surface area (Å²) in [7, 11) is 0. The molecular formula is C13H16BrClN2O3. The van der Waals surface area contributed by atoms with Crippen LogP contribution in [0, 0.1) is 0 Å². The molecule has 2 heterocycles. The van der Waals surface area contributed by atoms with Crippen molar-refractivity contribution < 1.29 is 14.3 Å². The summed E-state index contributed by atoms with van der Waals surface area (Å²) >= 11 is 3.39. The lowest BCUT2D eigenvalue weighted by Gasteiger charge is -2.12. The third kappa shape index (κ3) is 3.19. The van der Waals surface area contributed by atoms with E-state index in [2.05, 4.69) is 26.6 Å². The maximum atomic E-state index is 12.1. The maximum Gasteiger partial charge on any atom is 0.251 e. The van der Waals surface area contributed by atoms with Gasteiger partial charge in [-0.15, -0.1) is 12.4 Å². The quantitative estimate of drug-likeness (QED) is 0.863. The Morgan fingerprint density at radius 3 is 3.05 bits per heavy atom. The molecule has 20 heavy (non-hydrogen) atoms. The molecule has 2 aliphatic heterocycles. The van der Waals surface area contributed by atoms with Crippen LogP contribution in [0.5, 0.6) is 11.5 Å². The molecule has 2 aliphatic rings. The van der Waals surface area contributed by atoms with Crippen LogP contribution in [0.25, 0.3) is 0 Å². The van der Waals surface area contributed by atoms with Crippen LogP contribution in [0.3, 0.4) is 0 Å². The molecule has 1 aromatic carbocycles.